The number of nitrogens with two attached hydrogens (primary N) is 1. The van der Waals surface area contributed by atoms with Crippen LogP contribution in [0.25, 0.3) is 11.0 Å². The highest BCUT2D eigenvalue weighted by Crippen LogP contribution is 2.20. The van der Waals surface area contributed by atoms with Crippen LogP contribution in [-0.2, 0) is 0 Å². The summed E-state index contributed by atoms with van der Waals surface area (Å²) in [5.41, 5.74) is 7.43. The molecule has 2 rings (SSSR count). The molecule has 5 heteroatoms. The monoisotopic (exact) mass is 246 g/mol. The third-order valence-corrected chi connectivity index (χ3v) is 2.92. The molecule has 1 heterocycles. The average Bonchev–Trinajstić information content (AvgIpc) is 2.35. The number of aliphatic hydroxyl groups excluding tert-OH is 1. The molecule has 0 aliphatic rings. The quantitative estimate of drug-likeness (QED) is 0.763. The lowest BCUT2D eigenvalue weighted by Gasteiger charge is -2.21. The van der Waals surface area contributed by atoms with E-state index in [2.05, 4.69) is 15.3 Å². The Labute approximate surface area is 106 Å². The van der Waals surface area contributed by atoms with Gasteiger partial charge in [-0.05, 0) is 18.1 Å². The van der Waals surface area contributed by atoms with Gasteiger partial charge in [-0.2, -0.15) is 0 Å². The van der Waals surface area contributed by atoms with Crippen LogP contribution >= 0.6 is 0 Å². The van der Waals surface area contributed by atoms with E-state index >= 15 is 0 Å². The molecule has 96 valence electrons. The van der Waals surface area contributed by atoms with Gasteiger partial charge < -0.3 is 16.2 Å². The summed E-state index contributed by atoms with van der Waals surface area (Å²) in [6, 6.07) is 7.48. The standard InChI is InChI=1S/C13H18N4O/c1-8(2)11(7-18)17-13-12(14)15-9-5-3-4-6-10(9)16-13/h3-6,8,11,18H,7H2,1-2H3,(H2,14,15)(H,16,17). The summed E-state index contributed by atoms with van der Waals surface area (Å²) in [7, 11) is 0. The molecule has 0 spiro atoms. The number of anilines is 2. The lowest BCUT2D eigenvalue weighted by atomic mass is 10.1. The lowest BCUT2D eigenvalue weighted by molar-refractivity contribution is 0.249. The van der Waals surface area contributed by atoms with Crippen LogP contribution in [0.1, 0.15) is 13.8 Å². The van der Waals surface area contributed by atoms with Gasteiger partial charge in [0.2, 0.25) is 0 Å². The molecule has 0 saturated carbocycles. The van der Waals surface area contributed by atoms with Gasteiger partial charge in [-0.25, -0.2) is 9.97 Å². The van der Waals surface area contributed by atoms with Gasteiger partial charge in [0.15, 0.2) is 11.6 Å². The highest BCUT2D eigenvalue weighted by Gasteiger charge is 2.15. The fraction of sp³-hybridized carbons (Fsp3) is 0.385. The van der Waals surface area contributed by atoms with E-state index in [1.165, 1.54) is 0 Å². The lowest BCUT2D eigenvalue weighted by Crippen LogP contribution is -2.30. The van der Waals surface area contributed by atoms with Crippen LogP contribution in [0.4, 0.5) is 11.6 Å². The van der Waals surface area contributed by atoms with Crippen LogP contribution in [0.15, 0.2) is 24.3 Å². The normalized spacial score (nSPS) is 12.9. The zero-order valence-electron chi connectivity index (χ0n) is 10.6. The zero-order valence-corrected chi connectivity index (χ0v) is 10.6. The maximum absolute atomic E-state index is 9.31. The van der Waals surface area contributed by atoms with Crippen LogP contribution < -0.4 is 11.1 Å². The van der Waals surface area contributed by atoms with E-state index in [1.807, 2.05) is 38.1 Å². The van der Waals surface area contributed by atoms with Gasteiger partial charge in [0.25, 0.3) is 0 Å². The van der Waals surface area contributed by atoms with Crippen molar-refractivity contribution in [3.8, 4) is 0 Å². The van der Waals surface area contributed by atoms with Crippen molar-refractivity contribution in [3.05, 3.63) is 24.3 Å². The van der Waals surface area contributed by atoms with Gasteiger partial charge in [0.05, 0.1) is 23.7 Å². The summed E-state index contributed by atoms with van der Waals surface area (Å²) >= 11 is 0. The number of fused-ring (bicyclic) bond motifs is 1. The van der Waals surface area contributed by atoms with E-state index in [1.54, 1.807) is 0 Å². The number of para-hydroxylation sites is 2. The van der Waals surface area contributed by atoms with Crippen LogP contribution in [-0.4, -0.2) is 27.7 Å². The van der Waals surface area contributed by atoms with Crippen LogP contribution in [0, 0.1) is 5.92 Å². The molecule has 5 nitrogen and oxygen atoms in total. The van der Waals surface area contributed by atoms with Crippen LogP contribution in [0.2, 0.25) is 0 Å². The number of rotatable bonds is 4. The van der Waals surface area contributed by atoms with Crippen molar-refractivity contribution in [2.24, 2.45) is 5.92 Å². The molecule has 0 radical (unpaired) electrons. The number of aromatic nitrogens is 2. The van der Waals surface area contributed by atoms with E-state index in [9.17, 15) is 5.11 Å². The van der Waals surface area contributed by atoms with Crippen molar-refractivity contribution in [1.29, 1.82) is 0 Å². The van der Waals surface area contributed by atoms with Crippen molar-refractivity contribution in [1.82, 2.24) is 9.97 Å². The maximum atomic E-state index is 9.31. The van der Waals surface area contributed by atoms with Crippen molar-refractivity contribution in [2.75, 3.05) is 17.7 Å². The van der Waals surface area contributed by atoms with Gasteiger partial charge >= 0.3 is 0 Å². The second-order valence-corrected chi connectivity index (χ2v) is 4.62. The third-order valence-electron chi connectivity index (χ3n) is 2.92. The first-order chi connectivity index (χ1) is 8.61. The number of nitrogens with one attached hydrogen (secondary N) is 1. The summed E-state index contributed by atoms with van der Waals surface area (Å²) in [6.07, 6.45) is 0. The van der Waals surface area contributed by atoms with Crippen molar-refractivity contribution < 1.29 is 5.11 Å². The number of hydrogen-bond donors (Lipinski definition) is 3. The highest BCUT2D eigenvalue weighted by molar-refractivity contribution is 5.79. The topological polar surface area (TPSA) is 84.1 Å². The Bertz CT molecular complexity index is 542. The molecule has 0 bridgehead atoms. The molecule has 2 aromatic rings. The first-order valence-corrected chi connectivity index (χ1v) is 6.01. The Hall–Kier alpha value is -1.88. The largest absolute Gasteiger partial charge is 0.394 e. The van der Waals surface area contributed by atoms with E-state index in [0.717, 1.165) is 11.0 Å². The molecule has 0 fully saturated rings. The SMILES string of the molecule is CC(C)C(CO)Nc1nc2ccccc2nc1N. The molecule has 1 atom stereocenters. The minimum Gasteiger partial charge on any atom is -0.394 e. The van der Waals surface area contributed by atoms with E-state index in [0.29, 0.717) is 11.6 Å². The van der Waals surface area contributed by atoms with Gasteiger partial charge in [0.1, 0.15) is 0 Å². The zero-order chi connectivity index (χ0) is 13.1. The summed E-state index contributed by atoms with van der Waals surface area (Å²) in [5, 5.41) is 12.5. The Morgan fingerprint density at radius 2 is 1.83 bits per heavy atom. The van der Waals surface area contributed by atoms with Gasteiger partial charge in [-0.1, -0.05) is 26.0 Å². The number of nitrogens with zero attached hydrogens (tertiary/aromatic N) is 2. The van der Waals surface area contributed by atoms with Crippen molar-refractivity contribution in [2.45, 2.75) is 19.9 Å². The number of aliphatic hydroxyl groups is 1. The molecule has 1 aromatic heterocycles. The fourth-order valence-electron chi connectivity index (χ4n) is 1.72. The van der Waals surface area contributed by atoms with Crippen LogP contribution in [0.5, 0.6) is 0 Å². The number of benzene rings is 1. The van der Waals surface area contributed by atoms with Crippen LogP contribution in [0.3, 0.4) is 0 Å². The first-order valence-electron chi connectivity index (χ1n) is 6.01. The maximum Gasteiger partial charge on any atom is 0.169 e. The van der Waals surface area contributed by atoms with Gasteiger partial charge in [-0.15, -0.1) is 0 Å². The average molecular weight is 246 g/mol. The molecular weight excluding hydrogens is 228 g/mol. The molecule has 18 heavy (non-hydrogen) atoms. The number of nitrogen functional groups attached to an aromatic ring is 1. The summed E-state index contributed by atoms with van der Waals surface area (Å²) in [4.78, 5) is 8.73. The van der Waals surface area contributed by atoms with Gasteiger partial charge in [0, 0.05) is 0 Å². The fourth-order valence-corrected chi connectivity index (χ4v) is 1.72. The van der Waals surface area contributed by atoms with E-state index in [4.69, 9.17) is 5.73 Å². The molecule has 0 saturated heterocycles. The predicted molar refractivity (Wildman–Crippen MR) is 73.3 cm³/mol. The van der Waals surface area contributed by atoms with E-state index in [-0.39, 0.29) is 18.6 Å². The third kappa shape index (κ3) is 2.51. The first kappa shape index (κ1) is 12.6. The Kier molecular flexibility index (Phi) is 3.62. The predicted octanol–water partition coefficient (Wildman–Crippen LogP) is 1.64. The molecule has 1 aromatic carbocycles. The van der Waals surface area contributed by atoms with Gasteiger partial charge in [-0.3, -0.25) is 0 Å². The molecule has 1 unspecified atom stereocenters. The Balaban J connectivity index is 2.35. The molecule has 0 aliphatic carbocycles. The minimum absolute atomic E-state index is 0.0333. The molecule has 0 amide bonds. The summed E-state index contributed by atoms with van der Waals surface area (Å²) in [6.45, 7) is 4.09. The number of hydrogen-bond acceptors (Lipinski definition) is 5. The molecular formula is C13H18N4O. The summed E-state index contributed by atoms with van der Waals surface area (Å²) in [5.74, 6) is 1.16. The second kappa shape index (κ2) is 5.18. The second-order valence-electron chi connectivity index (χ2n) is 4.62. The Morgan fingerprint density at radius 3 is 2.39 bits per heavy atom. The molecule has 0 aliphatic heterocycles. The minimum atomic E-state index is -0.0808. The van der Waals surface area contributed by atoms with Crippen molar-refractivity contribution in [3.63, 3.8) is 0 Å². The van der Waals surface area contributed by atoms with E-state index < -0.39 is 0 Å². The smallest absolute Gasteiger partial charge is 0.169 e. The summed E-state index contributed by atoms with van der Waals surface area (Å²) < 4.78 is 0. The van der Waals surface area contributed by atoms with Crippen molar-refractivity contribution >= 4 is 22.7 Å². The highest BCUT2D eigenvalue weighted by atomic mass is 16.3. The molecule has 4 N–H and O–H groups in total. The Morgan fingerprint density at radius 1 is 1.22 bits per heavy atom.